The number of rotatable bonds is 6. The van der Waals surface area contributed by atoms with Crippen LogP contribution in [0.3, 0.4) is 0 Å². The summed E-state index contributed by atoms with van der Waals surface area (Å²) in [7, 11) is 0. The van der Waals surface area contributed by atoms with E-state index in [1.54, 1.807) is 0 Å². The standard InChI is InChI=1S/C25H22N2O6/c28-22(27-25(23(29)30)11-5-12-25)21-20(10-13-32-21)26-24(31)33-14-19-17-8-3-1-6-15(17)16-7-2-4-9-18(16)19/h1-4,6-10,13,19H,5,11-12,14H2,(H,26,31)(H,27,28)(H,29,30). The van der Waals surface area contributed by atoms with Gasteiger partial charge in [-0.1, -0.05) is 48.5 Å². The van der Waals surface area contributed by atoms with Crippen LogP contribution in [0, 0.1) is 0 Å². The molecule has 1 heterocycles. The predicted molar refractivity (Wildman–Crippen MR) is 119 cm³/mol. The zero-order valence-electron chi connectivity index (χ0n) is 17.7. The molecule has 1 fully saturated rings. The lowest BCUT2D eigenvalue weighted by atomic mass is 9.76. The molecular formula is C25H22N2O6. The molecule has 3 aromatic rings. The molecular weight excluding hydrogens is 424 g/mol. The quantitative estimate of drug-likeness (QED) is 0.517. The molecule has 2 aromatic carbocycles. The highest BCUT2D eigenvalue weighted by Crippen LogP contribution is 2.44. The molecule has 1 saturated carbocycles. The SMILES string of the molecule is O=C(Nc1ccoc1C(=O)NC1(C(=O)O)CCC1)OCC1c2ccccc2-c2ccccc21. The number of hydrogen-bond donors (Lipinski definition) is 3. The summed E-state index contributed by atoms with van der Waals surface area (Å²) in [5, 5.41) is 14.5. The molecule has 5 rings (SSSR count). The minimum Gasteiger partial charge on any atom is -0.480 e. The van der Waals surface area contributed by atoms with Gasteiger partial charge in [-0.25, -0.2) is 9.59 Å². The Balaban J connectivity index is 1.26. The van der Waals surface area contributed by atoms with Gasteiger partial charge >= 0.3 is 12.1 Å². The number of amides is 2. The minimum atomic E-state index is -1.29. The Morgan fingerprint density at radius 2 is 1.64 bits per heavy atom. The molecule has 0 atom stereocenters. The second-order valence-corrected chi connectivity index (χ2v) is 8.31. The molecule has 2 aliphatic carbocycles. The number of aliphatic carboxylic acids is 1. The van der Waals surface area contributed by atoms with Crippen molar-refractivity contribution in [1.29, 1.82) is 0 Å². The monoisotopic (exact) mass is 446 g/mol. The van der Waals surface area contributed by atoms with Gasteiger partial charge in [-0.15, -0.1) is 0 Å². The van der Waals surface area contributed by atoms with Gasteiger partial charge in [0.25, 0.3) is 5.91 Å². The molecule has 33 heavy (non-hydrogen) atoms. The number of nitrogens with one attached hydrogen (secondary N) is 2. The number of carboxylic acids is 1. The third-order valence-corrected chi connectivity index (χ3v) is 6.42. The third kappa shape index (κ3) is 3.63. The van der Waals surface area contributed by atoms with E-state index in [2.05, 4.69) is 22.8 Å². The van der Waals surface area contributed by atoms with Crippen molar-refractivity contribution < 1.29 is 28.6 Å². The number of ether oxygens (including phenoxy) is 1. The molecule has 2 amide bonds. The largest absolute Gasteiger partial charge is 0.480 e. The van der Waals surface area contributed by atoms with Gasteiger partial charge in [-0.2, -0.15) is 0 Å². The predicted octanol–water partition coefficient (Wildman–Crippen LogP) is 4.38. The first-order chi connectivity index (χ1) is 16.0. The van der Waals surface area contributed by atoms with Crippen molar-refractivity contribution >= 4 is 23.7 Å². The number of carbonyl (C=O) groups excluding carboxylic acids is 2. The van der Waals surface area contributed by atoms with Crippen molar-refractivity contribution in [3.8, 4) is 11.1 Å². The molecule has 8 nitrogen and oxygen atoms in total. The maximum atomic E-state index is 12.6. The van der Waals surface area contributed by atoms with Crippen LogP contribution in [0.1, 0.15) is 46.9 Å². The normalized spacial score (nSPS) is 15.6. The average Bonchev–Trinajstić information content (AvgIpc) is 3.37. The van der Waals surface area contributed by atoms with Crippen LogP contribution in [0.25, 0.3) is 11.1 Å². The smallest absolute Gasteiger partial charge is 0.411 e. The Labute approximate surface area is 189 Å². The van der Waals surface area contributed by atoms with Crippen LogP contribution in [-0.2, 0) is 9.53 Å². The number of carbonyl (C=O) groups is 3. The molecule has 1 aromatic heterocycles. The molecule has 3 N–H and O–H groups in total. The first-order valence-electron chi connectivity index (χ1n) is 10.7. The Kier molecular flexibility index (Phi) is 5.12. The summed E-state index contributed by atoms with van der Waals surface area (Å²) < 4.78 is 10.7. The minimum absolute atomic E-state index is 0.0932. The van der Waals surface area contributed by atoms with Gasteiger partial charge in [0.2, 0.25) is 5.76 Å². The van der Waals surface area contributed by atoms with Crippen molar-refractivity contribution in [1.82, 2.24) is 5.32 Å². The van der Waals surface area contributed by atoms with Crippen molar-refractivity contribution in [3.63, 3.8) is 0 Å². The molecule has 0 unspecified atom stereocenters. The highest BCUT2D eigenvalue weighted by molar-refractivity contribution is 6.02. The summed E-state index contributed by atoms with van der Waals surface area (Å²) in [5.74, 6) is -2.05. The number of carboxylic acid groups (broad SMARTS) is 1. The first kappa shape index (κ1) is 20.8. The zero-order chi connectivity index (χ0) is 23.0. The Hall–Kier alpha value is -4.07. The van der Waals surface area contributed by atoms with Crippen LogP contribution in [0.5, 0.6) is 0 Å². The Morgan fingerprint density at radius 1 is 1.00 bits per heavy atom. The highest BCUT2D eigenvalue weighted by atomic mass is 16.5. The van der Waals surface area contributed by atoms with Gasteiger partial charge in [0, 0.05) is 12.0 Å². The second-order valence-electron chi connectivity index (χ2n) is 8.31. The van der Waals surface area contributed by atoms with Crippen LogP contribution in [-0.4, -0.2) is 35.2 Å². The van der Waals surface area contributed by atoms with E-state index in [-0.39, 0.29) is 24.0 Å². The summed E-state index contributed by atoms with van der Waals surface area (Å²) in [5.41, 5.74) is 3.26. The maximum Gasteiger partial charge on any atom is 0.411 e. The molecule has 168 valence electrons. The topological polar surface area (TPSA) is 118 Å². The molecule has 0 aliphatic heterocycles. The van der Waals surface area contributed by atoms with Gasteiger partial charge in [0.05, 0.1) is 12.0 Å². The van der Waals surface area contributed by atoms with Crippen molar-refractivity contribution in [2.24, 2.45) is 0 Å². The number of benzene rings is 2. The fraction of sp³-hybridized carbons (Fsp3) is 0.240. The highest BCUT2D eigenvalue weighted by Gasteiger charge is 2.46. The molecule has 0 saturated heterocycles. The van der Waals surface area contributed by atoms with Crippen LogP contribution in [0.2, 0.25) is 0 Å². The van der Waals surface area contributed by atoms with E-state index in [1.165, 1.54) is 12.3 Å². The first-order valence-corrected chi connectivity index (χ1v) is 10.7. The van der Waals surface area contributed by atoms with Gasteiger partial charge in [-0.05, 0) is 41.5 Å². The summed E-state index contributed by atoms with van der Waals surface area (Å²) in [4.78, 5) is 36.7. The number of hydrogen-bond acceptors (Lipinski definition) is 5. The van der Waals surface area contributed by atoms with E-state index in [9.17, 15) is 19.5 Å². The van der Waals surface area contributed by atoms with Crippen LogP contribution in [0.4, 0.5) is 10.5 Å². The van der Waals surface area contributed by atoms with Crippen LogP contribution < -0.4 is 10.6 Å². The second kappa shape index (κ2) is 8.12. The summed E-state index contributed by atoms with van der Waals surface area (Å²) in [6.45, 7) is 0.126. The lowest BCUT2D eigenvalue weighted by molar-refractivity contribution is -0.148. The fourth-order valence-corrected chi connectivity index (χ4v) is 4.52. The van der Waals surface area contributed by atoms with Crippen molar-refractivity contribution in [2.45, 2.75) is 30.7 Å². The van der Waals surface area contributed by atoms with E-state index in [1.807, 2.05) is 36.4 Å². The van der Waals surface area contributed by atoms with Gasteiger partial charge in [0.15, 0.2) is 0 Å². The van der Waals surface area contributed by atoms with E-state index < -0.39 is 23.5 Å². The lowest BCUT2D eigenvalue weighted by Gasteiger charge is -2.37. The van der Waals surface area contributed by atoms with Crippen LogP contribution >= 0.6 is 0 Å². The molecule has 0 bridgehead atoms. The molecule has 2 aliphatic rings. The molecule has 0 spiro atoms. The maximum absolute atomic E-state index is 12.6. The van der Waals surface area contributed by atoms with Gasteiger partial charge in [0.1, 0.15) is 12.1 Å². The summed E-state index contributed by atoms with van der Waals surface area (Å²) in [6.07, 6.45) is 1.94. The average molecular weight is 446 g/mol. The molecule has 8 heteroatoms. The van der Waals surface area contributed by atoms with E-state index in [4.69, 9.17) is 9.15 Å². The Bertz CT molecular complexity index is 1200. The number of anilines is 1. The van der Waals surface area contributed by atoms with E-state index in [0.717, 1.165) is 28.7 Å². The van der Waals surface area contributed by atoms with Gasteiger partial charge < -0.3 is 19.6 Å². The van der Waals surface area contributed by atoms with Gasteiger partial charge in [-0.3, -0.25) is 10.1 Å². The van der Waals surface area contributed by atoms with Crippen molar-refractivity contribution in [3.05, 3.63) is 77.7 Å². The molecule has 0 radical (unpaired) electrons. The summed E-state index contributed by atoms with van der Waals surface area (Å²) >= 11 is 0. The lowest BCUT2D eigenvalue weighted by Crippen LogP contribution is -2.59. The number of fused-ring (bicyclic) bond motifs is 3. The van der Waals surface area contributed by atoms with Crippen molar-refractivity contribution in [2.75, 3.05) is 11.9 Å². The number of furan rings is 1. The Morgan fingerprint density at radius 3 is 2.21 bits per heavy atom. The van der Waals surface area contributed by atoms with E-state index in [0.29, 0.717) is 12.8 Å². The zero-order valence-corrected chi connectivity index (χ0v) is 17.7. The van der Waals surface area contributed by atoms with Crippen LogP contribution in [0.15, 0.2) is 65.3 Å². The summed E-state index contributed by atoms with van der Waals surface area (Å²) in [6, 6.07) is 17.5. The fourth-order valence-electron chi connectivity index (χ4n) is 4.52. The van der Waals surface area contributed by atoms with E-state index >= 15 is 0 Å². The third-order valence-electron chi connectivity index (χ3n) is 6.42.